The molecule has 0 atom stereocenters. The number of carbonyl (C=O) groups is 1. The van der Waals surface area contributed by atoms with Gasteiger partial charge in [-0.05, 0) is 93.2 Å². The average molecular weight is 521 g/mol. The van der Waals surface area contributed by atoms with Crippen LogP contribution in [0.5, 0.6) is 5.75 Å². The van der Waals surface area contributed by atoms with Crippen molar-refractivity contribution in [2.45, 2.75) is 110 Å². The van der Waals surface area contributed by atoms with Gasteiger partial charge in [0.2, 0.25) is 0 Å². The second-order valence-corrected chi connectivity index (χ2v) is 10.9. The zero-order chi connectivity index (χ0) is 27.6. The molecule has 1 aliphatic carbocycles. The number of aryl methyl sites for hydroxylation is 2. The van der Waals surface area contributed by atoms with Crippen LogP contribution in [0.15, 0.2) is 42.5 Å². The van der Waals surface area contributed by atoms with Crippen molar-refractivity contribution in [3.8, 4) is 5.75 Å². The Balaban J connectivity index is 1.73. The maximum atomic E-state index is 11.5. The van der Waals surface area contributed by atoms with Crippen molar-refractivity contribution in [3.63, 3.8) is 0 Å². The van der Waals surface area contributed by atoms with Gasteiger partial charge in [0.1, 0.15) is 5.75 Å². The van der Waals surface area contributed by atoms with Crippen LogP contribution in [0.3, 0.4) is 0 Å². The van der Waals surface area contributed by atoms with Gasteiger partial charge in [-0.2, -0.15) is 0 Å². The standard InChI is InChI=1S/C34H48O4/c1-6-34(7-2,29-16-15-28(26(4)24-29)19-22-33(36)20-11-9-12-21-33)30-17-18-31(27(5)25-30)38-23-13-10-14-32(35)37-8-3/h15-19,22,24-25,36H,6-14,20-21,23H2,1-5H3/b22-19+. The summed E-state index contributed by atoms with van der Waals surface area (Å²) in [7, 11) is 0. The van der Waals surface area contributed by atoms with Gasteiger partial charge < -0.3 is 14.6 Å². The van der Waals surface area contributed by atoms with Gasteiger partial charge >= 0.3 is 5.97 Å². The SMILES string of the molecule is CCOC(=O)CCCCOc1ccc(C(CC)(CC)c2ccc(/C=C/C3(O)CCCCC3)c(C)c2)cc1C. The molecule has 0 bridgehead atoms. The third kappa shape index (κ3) is 7.50. The third-order valence-corrected chi connectivity index (χ3v) is 8.39. The summed E-state index contributed by atoms with van der Waals surface area (Å²) in [5.74, 6) is 0.771. The second-order valence-electron chi connectivity index (χ2n) is 10.9. The molecular weight excluding hydrogens is 472 g/mol. The molecule has 1 fully saturated rings. The molecule has 2 aromatic carbocycles. The van der Waals surface area contributed by atoms with Crippen LogP contribution in [0.1, 0.15) is 113 Å². The number of ether oxygens (including phenoxy) is 2. The molecule has 208 valence electrons. The first-order chi connectivity index (χ1) is 18.3. The summed E-state index contributed by atoms with van der Waals surface area (Å²) < 4.78 is 11.0. The largest absolute Gasteiger partial charge is 0.493 e. The van der Waals surface area contributed by atoms with E-state index in [-0.39, 0.29) is 11.4 Å². The van der Waals surface area contributed by atoms with Gasteiger partial charge in [-0.25, -0.2) is 0 Å². The third-order valence-electron chi connectivity index (χ3n) is 8.39. The fourth-order valence-electron chi connectivity index (χ4n) is 5.86. The number of carbonyl (C=O) groups excluding carboxylic acids is 1. The van der Waals surface area contributed by atoms with Gasteiger partial charge in [0.15, 0.2) is 0 Å². The first kappa shape index (κ1) is 30.0. The molecule has 1 N–H and O–H groups in total. The van der Waals surface area contributed by atoms with Crippen molar-refractivity contribution in [3.05, 3.63) is 70.3 Å². The molecule has 0 aliphatic heterocycles. The summed E-state index contributed by atoms with van der Waals surface area (Å²) in [4.78, 5) is 11.5. The van der Waals surface area contributed by atoms with Gasteiger partial charge in [0.25, 0.3) is 0 Å². The molecule has 0 amide bonds. The van der Waals surface area contributed by atoms with Gasteiger partial charge in [0, 0.05) is 11.8 Å². The van der Waals surface area contributed by atoms with Crippen LogP contribution in [0.4, 0.5) is 0 Å². The quantitative estimate of drug-likeness (QED) is 0.213. The highest BCUT2D eigenvalue weighted by molar-refractivity contribution is 5.69. The first-order valence-electron chi connectivity index (χ1n) is 14.7. The van der Waals surface area contributed by atoms with Gasteiger partial charge in [0.05, 0.1) is 18.8 Å². The van der Waals surface area contributed by atoms with Crippen LogP contribution < -0.4 is 4.74 Å². The molecule has 0 unspecified atom stereocenters. The highest BCUT2D eigenvalue weighted by Crippen LogP contribution is 2.41. The van der Waals surface area contributed by atoms with Crippen LogP contribution in [0, 0.1) is 13.8 Å². The maximum Gasteiger partial charge on any atom is 0.305 e. The Morgan fingerprint density at radius 2 is 1.61 bits per heavy atom. The normalized spacial score (nSPS) is 15.5. The van der Waals surface area contributed by atoms with E-state index >= 15 is 0 Å². The minimum absolute atomic E-state index is 0.0719. The van der Waals surface area contributed by atoms with Crippen LogP contribution >= 0.6 is 0 Å². The number of benzene rings is 2. The van der Waals surface area contributed by atoms with Crippen molar-refractivity contribution >= 4 is 12.0 Å². The number of unbranched alkanes of at least 4 members (excludes halogenated alkanes) is 1. The lowest BCUT2D eigenvalue weighted by Crippen LogP contribution is -2.28. The molecule has 4 heteroatoms. The van der Waals surface area contributed by atoms with E-state index in [1.807, 2.05) is 13.0 Å². The summed E-state index contributed by atoms with van der Waals surface area (Å²) in [5.41, 5.74) is 5.48. The topological polar surface area (TPSA) is 55.8 Å². The summed E-state index contributed by atoms with van der Waals surface area (Å²) in [6, 6.07) is 13.4. The van der Waals surface area contributed by atoms with Crippen LogP contribution in [0.25, 0.3) is 6.08 Å². The summed E-state index contributed by atoms with van der Waals surface area (Å²) in [6.07, 6.45) is 13.4. The predicted molar refractivity (Wildman–Crippen MR) is 157 cm³/mol. The molecule has 0 radical (unpaired) electrons. The molecule has 0 spiro atoms. The zero-order valence-electron chi connectivity index (χ0n) is 24.3. The molecule has 1 aliphatic rings. The van der Waals surface area contributed by atoms with Crippen molar-refractivity contribution in [2.24, 2.45) is 0 Å². The van der Waals surface area contributed by atoms with E-state index < -0.39 is 5.60 Å². The maximum absolute atomic E-state index is 11.5. The van der Waals surface area contributed by atoms with Crippen molar-refractivity contribution in [2.75, 3.05) is 13.2 Å². The van der Waals surface area contributed by atoms with Crippen molar-refractivity contribution in [1.82, 2.24) is 0 Å². The average Bonchev–Trinajstić information content (AvgIpc) is 2.90. The molecule has 0 saturated heterocycles. The number of hydrogen-bond donors (Lipinski definition) is 1. The van der Waals surface area contributed by atoms with E-state index in [4.69, 9.17) is 9.47 Å². The van der Waals surface area contributed by atoms with Crippen LogP contribution in [-0.2, 0) is 14.9 Å². The fourth-order valence-corrected chi connectivity index (χ4v) is 5.86. The van der Waals surface area contributed by atoms with E-state index in [2.05, 4.69) is 70.2 Å². The van der Waals surface area contributed by atoms with Crippen LogP contribution in [0.2, 0.25) is 0 Å². The molecule has 4 nitrogen and oxygen atoms in total. The molecule has 0 heterocycles. The molecule has 2 aromatic rings. The second kappa shape index (κ2) is 14.0. The number of esters is 1. The zero-order valence-corrected chi connectivity index (χ0v) is 24.3. The predicted octanol–water partition coefficient (Wildman–Crippen LogP) is 8.23. The fraction of sp³-hybridized carbons (Fsp3) is 0.559. The molecular formula is C34H48O4. The lowest BCUT2D eigenvalue weighted by Gasteiger charge is -2.34. The summed E-state index contributed by atoms with van der Waals surface area (Å²) in [6.45, 7) is 11.7. The minimum atomic E-state index is -0.651. The molecule has 38 heavy (non-hydrogen) atoms. The van der Waals surface area contributed by atoms with E-state index in [0.29, 0.717) is 19.6 Å². The Bertz CT molecular complexity index is 1070. The minimum Gasteiger partial charge on any atom is -0.493 e. The Morgan fingerprint density at radius 3 is 2.21 bits per heavy atom. The molecule has 1 saturated carbocycles. The Labute approximate surface area is 230 Å². The Kier molecular flexibility index (Phi) is 11.0. The number of hydrogen-bond acceptors (Lipinski definition) is 4. The van der Waals surface area contributed by atoms with E-state index in [0.717, 1.165) is 62.7 Å². The first-order valence-corrected chi connectivity index (χ1v) is 14.7. The lowest BCUT2D eigenvalue weighted by atomic mass is 9.70. The Morgan fingerprint density at radius 1 is 0.947 bits per heavy atom. The lowest BCUT2D eigenvalue weighted by molar-refractivity contribution is -0.143. The number of aliphatic hydroxyl groups is 1. The summed E-state index contributed by atoms with van der Waals surface area (Å²) in [5, 5.41) is 10.9. The highest BCUT2D eigenvalue weighted by atomic mass is 16.5. The highest BCUT2D eigenvalue weighted by Gasteiger charge is 2.31. The smallest absolute Gasteiger partial charge is 0.305 e. The van der Waals surface area contributed by atoms with Crippen LogP contribution in [-0.4, -0.2) is 29.9 Å². The van der Waals surface area contributed by atoms with Crippen molar-refractivity contribution < 1.29 is 19.4 Å². The van der Waals surface area contributed by atoms with Gasteiger partial charge in [-0.3, -0.25) is 4.79 Å². The Hall–Kier alpha value is -2.59. The molecule has 3 rings (SSSR count). The van der Waals surface area contributed by atoms with E-state index in [1.54, 1.807) is 0 Å². The number of rotatable bonds is 13. The summed E-state index contributed by atoms with van der Waals surface area (Å²) >= 11 is 0. The van der Waals surface area contributed by atoms with Gasteiger partial charge in [-0.1, -0.05) is 75.6 Å². The molecule has 0 aromatic heterocycles. The van der Waals surface area contributed by atoms with E-state index in [9.17, 15) is 9.90 Å². The van der Waals surface area contributed by atoms with Crippen molar-refractivity contribution in [1.29, 1.82) is 0 Å². The van der Waals surface area contributed by atoms with Gasteiger partial charge in [-0.15, -0.1) is 0 Å². The monoisotopic (exact) mass is 520 g/mol. The van der Waals surface area contributed by atoms with E-state index in [1.165, 1.54) is 28.7 Å².